The Balaban J connectivity index is 1.55. The molecule has 6 heteroatoms. The van der Waals surface area contributed by atoms with Crippen molar-refractivity contribution in [2.45, 2.75) is 47.5 Å². The van der Waals surface area contributed by atoms with Crippen LogP contribution < -0.4 is 4.90 Å². The summed E-state index contributed by atoms with van der Waals surface area (Å²) in [6.45, 7) is 11.7. The minimum Gasteiger partial charge on any atom is -0.320 e. The van der Waals surface area contributed by atoms with Gasteiger partial charge in [0, 0.05) is 28.8 Å². The van der Waals surface area contributed by atoms with E-state index in [4.69, 9.17) is 5.10 Å². The summed E-state index contributed by atoms with van der Waals surface area (Å²) in [6, 6.07) is 10.1. The Hall–Kier alpha value is -2.08. The lowest BCUT2D eigenvalue weighted by Gasteiger charge is -2.34. The highest BCUT2D eigenvalue weighted by Gasteiger charge is 2.75. The SMILES string of the molecule is CC1=C(C)[C@]2(C)C(C)[C@@]1(C)[C@H]1C(=O)N(/N=C3\SCCCCN3c3ccccc3)C(=O)[C@H]12. The van der Waals surface area contributed by atoms with Crippen molar-refractivity contribution in [2.75, 3.05) is 17.2 Å². The Morgan fingerprint density at radius 1 is 0.968 bits per heavy atom. The van der Waals surface area contributed by atoms with Gasteiger partial charge < -0.3 is 4.90 Å². The maximum Gasteiger partial charge on any atom is 0.254 e. The second kappa shape index (κ2) is 6.96. The molecule has 5 nitrogen and oxygen atoms in total. The van der Waals surface area contributed by atoms with Gasteiger partial charge in [0.2, 0.25) is 0 Å². The Morgan fingerprint density at radius 3 is 2.13 bits per heavy atom. The number of allylic oxidation sites excluding steroid dienone is 2. The summed E-state index contributed by atoms with van der Waals surface area (Å²) in [6.07, 6.45) is 2.15. The van der Waals surface area contributed by atoms with Gasteiger partial charge in [0.25, 0.3) is 11.8 Å². The molecule has 2 heterocycles. The zero-order chi connectivity index (χ0) is 22.1. The van der Waals surface area contributed by atoms with Crippen LogP contribution in [0.3, 0.4) is 0 Å². The summed E-state index contributed by atoms with van der Waals surface area (Å²) in [7, 11) is 0. The van der Waals surface area contributed by atoms with Gasteiger partial charge in [0.05, 0.1) is 11.8 Å². The van der Waals surface area contributed by atoms with Gasteiger partial charge in [0.15, 0.2) is 5.17 Å². The fourth-order valence-electron chi connectivity index (χ4n) is 6.77. The molecule has 0 aromatic heterocycles. The Kier molecular flexibility index (Phi) is 4.67. The predicted octanol–water partition coefficient (Wildman–Crippen LogP) is 4.90. The molecule has 2 saturated heterocycles. The average molecular weight is 438 g/mol. The molecule has 0 spiro atoms. The van der Waals surface area contributed by atoms with Crippen molar-refractivity contribution < 1.29 is 9.59 Å². The van der Waals surface area contributed by atoms with Gasteiger partial charge in [0.1, 0.15) is 0 Å². The molecule has 1 saturated carbocycles. The van der Waals surface area contributed by atoms with Crippen LogP contribution in [-0.4, -0.2) is 34.3 Å². The molecular weight excluding hydrogens is 406 g/mol. The van der Waals surface area contributed by atoms with E-state index in [1.165, 1.54) is 16.2 Å². The number of fused-ring (bicyclic) bond motifs is 5. The number of benzene rings is 1. The zero-order valence-electron chi connectivity index (χ0n) is 19.0. The van der Waals surface area contributed by atoms with Crippen LogP contribution in [0, 0.1) is 28.6 Å². The zero-order valence-corrected chi connectivity index (χ0v) is 19.8. The van der Waals surface area contributed by atoms with Gasteiger partial charge in [-0.1, -0.05) is 61.9 Å². The number of carbonyl (C=O) groups is 2. The number of thioether (sulfide) groups is 1. The van der Waals surface area contributed by atoms with Crippen LogP contribution in [0.25, 0.3) is 0 Å². The summed E-state index contributed by atoms with van der Waals surface area (Å²) in [4.78, 5) is 29.5. The Bertz CT molecular complexity index is 975. The van der Waals surface area contributed by atoms with Gasteiger partial charge in [-0.3, -0.25) is 9.59 Å². The minimum atomic E-state index is -0.311. The summed E-state index contributed by atoms with van der Waals surface area (Å²) in [5.41, 5.74) is 3.07. The lowest BCUT2D eigenvalue weighted by Crippen LogP contribution is -2.38. The van der Waals surface area contributed by atoms with Crippen LogP contribution >= 0.6 is 11.8 Å². The molecule has 31 heavy (non-hydrogen) atoms. The number of amidine groups is 1. The van der Waals surface area contributed by atoms with E-state index in [0.29, 0.717) is 0 Å². The fraction of sp³-hybridized carbons (Fsp3) is 0.560. The van der Waals surface area contributed by atoms with E-state index in [9.17, 15) is 9.59 Å². The first-order chi connectivity index (χ1) is 14.7. The first kappa shape index (κ1) is 20.8. The first-order valence-electron chi connectivity index (χ1n) is 11.3. The summed E-state index contributed by atoms with van der Waals surface area (Å²) < 4.78 is 0. The third-order valence-electron chi connectivity index (χ3n) is 9.04. The van der Waals surface area contributed by atoms with E-state index >= 15 is 0 Å². The van der Waals surface area contributed by atoms with Crippen molar-refractivity contribution in [1.82, 2.24) is 5.01 Å². The maximum absolute atomic E-state index is 13.7. The third kappa shape index (κ3) is 2.54. The number of hydrogen-bond acceptors (Lipinski definition) is 4. The van der Waals surface area contributed by atoms with E-state index < -0.39 is 0 Å². The normalized spacial score (nSPS) is 39.0. The second-order valence-electron chi connectivity index (χ2n) is 9.91. The van der Waals surface area contributed by atoms with E-state index in [1.54, 1.807) is 11.8 Å². The van der Waals surface area contributed by atoms with Crippen LogP contribution in [-0.2, 0) is 9.59 Å². The molecule has 0 N–H and O–H groups in total. The van der Waals surface area contributed by atoms with Crippen molar-refractivity contribution in [3.05, 3.63) is 41.5 Å². The fourth-order valence-corrected chi connectivity index (χ4v) is 7.79. The van der Waals surface area contributed by atoms with Gasteiger partial charge in [-0.2, -0.15) is 5.01 Å². The van der Waals surface area contributed by atoms with Crippen molar-refractivity contribution in [3.63, 3.8) is 0 Å². The van der Waals surface area contributed by atoms with Crippen LogP contribution in [0.15, 0.2) is 46.6 Å². The molecule has 164 valence electrons. The number of hydrazone groups is 1. The molecule has 1 unspecified atom stereocenters. The number of para-hydroxylation sites is 1. The second-order valence-corrected chi connectivity index (χ2v) is 11.0. The number of anilines is 1. The quantitative estimate of drug-likeness (QED) is 0.488. The Morgan fingerprint density at radius 2 is 1.55 bits per heavy atom. The Labute approximate surface area is 188 Å². The third-order valence-corrected chi connectivity index (χ3v) is 10.1. The van der Waals surface area contributed by atoms with E-state index in [1.807, 2.05) is 18.2 Å². The molecule has 4 aliphatic rings. The minimum absolute atomic E-state index is 0.120. The smallest absolute Gasteiger partial charge is 0.254 e. The van der Waals surface area contributed by atoms with Crippen molar-refractivity contribution >= 4 is 34.4 Å². The number of hydrogen-bond donors (Lipinski definition) is 0. The van der Waals surface area contributed by atoms with Crippen molar-refractivity contribution in [3.8, 4) is 0 Å². The number of amides is 2. The van der Waals surface area contributed by atoms with E-state index in [0.717, 1.165) is 36.0 Å². The molecule has 1 aromatic carbocycles. The summed E-state index contributed by atoms with van der Waals surface area (Å²) in [5, 5.41) is 6.73. The number of nitrogens with zero attached hydrogens (tertiary/aromatic N) is 3. The highest BCUT2D eigenvalue weighted by Crippen LogP contribution is 2.74. The molecular formula is C25H31N3O2S. The van der Waals surface area contributed by atoms with Gasteiger partial charge in [-0.05, 0) is 44.7 Å². The summed E-state index contributed by atoms with van der Waals surface area (Å²) >= 11 is 1.64. The van der Waals surface area contributed by atoms with Gasteiger partial charge in [-0.15, -0.1) is 5.10 Å². The lowest BCUT2D eigenvalue weighted by molar-refractivity contribution is -0.142. The topological polar surface area (TPSA) is 53.0 Å². The molecule has 2 aliphatic carbocycles. The monoisotopic (exact) mass is 437 g/mol. The molecule has 5 atom stereocenters. The average Bonchev–Trinajstić information content (AvgIpc) is 3.06. The highest BCUT2D eigenvalue weighted by molar-refractivity contribution is 8.14. The van der Waals surface area contributed by atoms with E-state index in [-0.39, 0.29) is 40.4 Å². The van der Waals surface area contributed by atoms with Crippen LogP contribution in [0.1, 0.15) is 47.5 Å². The first-order valence-corrected chi connectivity index (χ1v) is 12.3. The number of imide groups is 1. The van der Waals surface area contributed by atoms with Crippen LogP contribution in [0.2, 0.25) is 0 Å². The molecule has 2 amide bonds. The molecule has 2 bridgehead atoms. The van der Waals surface area contributed by atoms with Crippen molar-refractivity contribution in [1.29, 1.82) is 0 Å². The molecule has 3 fully saturated rings. The predicted molar refractivity (Wildman–Crippen MR) is 126 cm³/mol. The molecule has 2 aliphatic heterocycles. The largest absolute Gasteiger partial charge is 0.320 e. The van der Waals surface area contributed by atoms with Gasteiger partial charge in [-0.25, -0.2) is 0 Å². The lowest BCUT2D eigenvalue weighted by atomic mass is 9.66. The maximum atomic E-state index is 13.7. The highest BCUT2D eigenvalue weighted by atomic mass is 32.2. The standard InChI is InChI=1S/C25H31N3O2S/c1-15-16(2)25(5)17(3)24(15,4)19-20(25)22(30)28(21(19)29)26-23-27(13-9-10-14-31-23)18-11-7-6-8-12-18/h6-8,11-12,17,19-20H,9-10,13-14H2,1-5H3/b26-23-/t17?,19-,20+,24+,25-. The van der Waals surface area contributed by atoms with Gasteiger partial charge >= 0.3 is 0 Å². The number of rotatable bonds is 2. The number of carbonyl (C=O) groups excluding carboxylic acids is 2. The molecule has 5 rings (SSSR count). The van der Waals surface area contributed by atoms with Crippen LogP contribution in [0.4, 0.5) is 5.69 Å². The summed E-state index contributed by atoms with van der Waals surface area (Å²) in [5.74, 6) is 0.349. The van der Waals surface area contributed by atoms with Crippen LogP contribution in [0.5, 0.6) is 0 Å². The molecule has 1 aromatic rings. The van der Waals surface area contributed by atoms with Crippen molar-refractivity contribution in [2.24, 2.45) is 33.7 Å². The molecule has 0 radical (unpaired) electrons. The van der Waals surface area contributed by atoms with E-state index in [2.05, 4.69) is 51.7 Å².